The molecule has 2 N–H and O–H groups in total. The third-order valence-corrected chi connectivity index (χ3v) is 4.76. The Labute approximate surface area is 119 Å². The Hall–Kier alpha value is -1.30. The summed E-state index contributed by atoms with van der Waals surface area (Å²) in [5, 5.41) is 12.2. The first-order valence-electron chi connectivity index (χ1n) is 7.21. The van der Waals surface area contributed by atoms with Crippen LogP contribution in [0.5, 0.6) is 0 Å². The number of methoxy groups -OCH3 is 1. The third-order valence-electron chi connectivity index (χ3n) is 4.76. The van der Waals surface area contributed by atoms with E-state index >= 15 is 0 Å². The molecule has 1 aliphatic heterocycles. The van der Waals surface area contributed by atoms with E-state index in [1.807, 2.05) is 0 Å². The molecule has 1 atom stereocenters. The zero-order valence-electron chi connectivity index (χ0n) is 12.3. The van der Waals surface area contributed by atoms with Crippen LogP contribution in [0, 0.1) is 5.41 Å². The summed E-state index contributed by atoms with van der Waals surface area (Å²) in [4.78, 5) is 25.0. The average molecular weight is 284 g/mol. The largest absolute Gasteiger partial charge is 0.480 e. The number of carboxylic acids is 1. The molecule has 1 saturated heterocycles. The Morgan fingerprint density at radius 2 is 2.05 bits per heavy atom. The lowest BCUT2D eigenvalue weighted by atomic mass is 9.99. The van der Waals surface area contributed by atoms with Crippen LogP contribution in [0.4, 0.5) is 4.79 Å². The maximum absolute atomic E-state index is 12.2. The summed E-state index contributed by atoms with van der Waals surface area (Å²) in [5.74, 6) is -0.925. The number of carbonyl (C=O) groups excluding carboxylic acids is 1. The van der Waals surface area contributed by atoms with Crippen LogP contribution in [-0.4, -0.2) is 54.4 Å². The van der Waals surface area contributed by atoms with Gasteiger partial charge in [-0.1, -0.05) is 0 Å². The first kappa shape index (κ1) is 15.1. The van der Waals surface area contributed by atoms with Gasteiger partial charge in [-0.3, -0.25) is 0 Å². The van der Waals surface area contributed by atoms with Crippen LogP contribution in [0.1, 0.15) is 39.0 Å². The average Bonchev–Trinajstić information content (AvgIpc) is 3.08. The van der Waals surface area contributed by atoms with Crippen LogP contribution >= 0.6 is 0 Å². The van der Waals surface area contributed by atoms with E-state index in [2.05, 4.69) is 5.32 Å². The van der Waals surface area contributed by atoms with Gasteiger partial charge in [0.1, 0.15) is 5.54 Å². The first-order valence-corrected chi connectivity index (χ1v) is 7.21. The summed E-state index contributed by atoms with van der Waals surface area (Å²) in [7, 11) is 1.68. The van der Waals surface area contributed by atoms with Crippen molar-refractivity contribution in [3.63, 3.8) is 0 Å². The molecule has 2 rings (SSSR count). The molecule has 0 radical (unpaired) electrons. The number of hydrogen-bond donors (Lipinski definition) is 2. The summed E-state index contributed by atoms with van der Waals surface area (Å²) in [6, 6.07) is -0.254. The number of aliphatic carboxylic acids is 1. The topological polar surface area (TPSA) is 78.9 Å². The van der Waals surface area contributed by atoms with Gasteiger partial charge in [0.15, 0.2) is 0 Å². The number of nitrogens with zero attached hydrogens (tertiary/aromatic N) is 1. The predicted octanol–water partition coefficient (Wildman–Crippen LogP) is 1.45. The second-order valence-electron chi connectivity index (χ2n) is 6.24. The number of hydrogen-bond acceptors (Lipinski definition) is 3. The Bertz CT molecular complexity index is 395. The molecule has 1 unspecified atom stereocenters. The smallest absolute Gasteiger partial charge is 0.329 e. The van der Waals surface area contributed by atoms with Crippen LogP contribution in [0.2, 0.25) is 0 Å². The molecule has 2 amide bonds. The Morgan fingerprint density at radius 1 is 1.35 bits per heavy atom. The minimum atomic E-state index is -1.06. The zero-order chi connectivity index (χ0) is 14.8. The maximum atomic E-state index is 12.2. The van der Waals surface area contributed by atoms with Crippen molar-refractivity contribution in [2.75, 3.05) is 26.8 Å². The van der Waals surface area contributed by atoms with Crippen LogP contribution in [-0.2, 0) is 9.53 Å². The first-order chi connectivity index (χ1) is 9.43. The van der Waals surface area contributed by atoms with Gasteiger partial charge < -0.3 is 20.1 Å². The lowest BCUT2D eigenvalue weighted by Crippen LogP contribution is -2.54. The molecule has 0 aromatic heterocycles. The van der Waals surface area contributed by atoms with E-state index in [4.69, 9.17) is 4.74 Å². The molecule has 0 aromatic carbocycles. The van der Waals surface area contributed by atoms with Gasteiger partial charge in [0.25, 0.3) is 0 Å². The quantitative estimate of drug-likeness (QED) is 0.774. The van der Waals surface area contributed by atoms with Crippen molar-refractivity contribution < 1.29 is 19.4 Å². The minimum Gasteiger partial charge on any atom is -0.480 e. The second kappa shape index (κ2) is 5.60. The third kappa shape index (κ3) is 2.90. The highest BCUT2D eigenvalue weighted by molar-refractivity contribution is 5.86. The summed E-state index contributed by atoms with van der Waals surface area (Å²) < 4.78 is 5.09. The highest BCUT2D eigenvalue weighted by Gasteiger charge is 2.47. The predicted molar refractivity (Wildman–Crippen MR) is 73.5 cm³/mol. The second-order valence-corrected chi connectivity index (χ2v) is 6.24. The van der Waals surface area contributed by atoms with Gasteiger partial charge in [-0.05, 0) is 44.4 Å². The van der Waals surface area contributed by atoms with Gasteiger partial charge in [0.05, 0.1) is 0 Å². The fourth-order valence-corrected chi connectivity index (χ4v) is 2.88. The summed E-state index contributed by atoms with van der Waals surface area (Å²) in [6.45, 7) is 3.45. The monoisotopic (exact) mass is 284 g/mol. The van der Waals surface area contributed by atoms with E-state index in [0.717, 1.165) is 25.7 Å². The molecule has 0 bridgehead atoms. The van der Waals surface area contributed by atoms with Crippen molar-refractivity contribution >= 4 is 12.0 Å². The number of likely N-dealkylation sites (tertiary alicyclic amines) is 1. The van der Waals surface area contributed by atoms with Gasteiger partial charge in [-0.15, -0.1) is 0 Å². The number of carboxylic acid groups (broad SMARTS) is 1. The maximum Gasteiger partial charge on any atom is 0.329 e. The van der Waals surface area contributed by atoms with Gasteiger partial charge in [-0.25, -0.2) is 9.59 Å². The molecule has 1 heterocycles. The number of urea groups is 1. The van der Waals surface area contributed by atoms with E-state index in [-0.39, 0.29) is 11.4 Å². The van der Waals surface area contributed by atoms with Crippen LogP contribution in [0.3, 0.4) is 0 Å². The number of carbonyl (C=O) groups is 2. The summed E-state index contributed by atoms with van der Waals surface area (Å²) in [6.07, 6.45) is 4.41. The number of ether oxygens (including phenoxy) is 1. The van der Waals surface area contributed by atoms with E-state index in [0.29, 0.717) is 26.1 Å². The molecular formula is C14H24N2O4. The highest BCUT2D eigenvalue weighted by atomic mass is 16.5. The van der Waals surface area contributed by atoms with Gasteiger partial charge in [0, 0.05) is 26.8 Å². The van der Waals surface area contributed by atoms with Crippen molar-refractivity contribution in [1.82, 2.24) is 10.2 Å². The zero-order valence-corrected chi connectivity index (χ0v) is 12.3. The number of rotatable bonds is 6. The molecule has 114 valence electrons. The van der Waals surface area contributed by atoms with E-state index in [1.54, 1.807) is 14.0 Å². The molecule has 2 aliphatic rings. The van der Waals surface area contributed by atoms with Crippen LogP contribution in [0.15, 0.2) is 0 Å². The van der Waals surface area contributed by atoms with Crippen molar-refractivity contribution in [2.45, 2.75) is 44.6 Å². The normalized spacial score (nSPS) is 27.4. The summed E-state index contributed by atoms with van der Waals surface area (Å²) >= 11 is 0. The van der Waals surface area contributed by atoms with Gasteiger partial charge in [-0.2, -0.15) is 0 Å². The lowest BCUT2D eigenvalue weighted by Gasteiger charge is -2.31. The lowest BCUT2D eigenvalue weighted by molar-refractivity contribution is -0.147. The standard InChI is InChI=1S/C14H24N2O4/c1-13(11(17)18)4-3-8-16(13)12(19)15-10-14(5-6-14)7-9-20-2/h3-10H2,1-2H3,(H,15,19)(H,17,18). The molecule has 1 aliphatic carbocycles. The van der Waals surface area contributed by atoms with Crippen LogP contribution < -0.4 is 5.32 Å². The molecular weight excluding hydrogens is 260 g/mol. The van der Waals surface area contributed by atoms with Crippen molar-refractivity contribution in [3.05, 3.63) is 0 Å². The SMILES string of the molecule is COCCC1(CNC(=O)N2CCCC2(C)C(=O)O)CC1. The minimum absolute atomic E-state index is 0.172. The fraction of sp³-hybridized carbons (Fsp3) is 0.857. The molecule has 0 aromatic rings. The van der Waals surface area contributed by atoms with Crippen molar-refractivity contribution in [1.29, 1.82) is 0 Å². The molecule has 0 spiro atoms. The van der Waals surface area contributed by atoms with Crippen LogP contribution in [0.25, 0.3) is 0 Å². The summed E-state index contributed by atoms with van der Waals surface area (Å²) in [5.41, 5.74) is -0.891. The van der Waals surface area contributed by atoms with E-state index in [9.17, 15) is 14.7 Å². The van der Waals surface area contributed by atoms with Crippen molar-refractivity contribution in [2.24, 2.45) is 5.41 Å². The Kier molecular flexibility index (Phi) is 4.22. The van der Waals surface area contributed by atoms with Gasteiger partial charge in [0.2, 0.25) is 0 Å². The highest BCUT2D eigenvalue weighted by Crippen LogP contribution is 2.48. The Morgan fingerprint density at radius 3 is 2.60 bits per heavy atom. The van der Waals surface area contributed by atoms with E-state index in [1.165, 1.54) is 4.90 Å². The number of nitrogens with one attached hydrogen (secondary N) is 1. The molecule has 6 heteroatoms. The molecule has 1 saturated carbocycles. The molecule has 2 fully saturated rings. The molecule has 6 nitrogen and oxygen atoms in total. The van der Waals surface area contributed by atoms with Crippen molar-refractivity contribution in [3.8, 4) is 0 Å². The fourth-order valence-electron chi connectivity index (χ4n) is 2.88. The van der Waals surface area contributed by atoms with E-state index < -0.39 is 11.5 Å². The number of amides is 2. The Balaban J connectivity index is 1.87. The molecule has 20 heavy (non-hydrogen) atoms. The van der Waals surface area contributed by atoms with Gasteiger partial charge >= 0.3 is 12.0 Å².